The normalized spacial score (nSPS) is 10.4. The maximum atomic E-state index is 11.1. The van der Waals surface area contributed by atoms with Crippen LogP contribution in [0.3, 0.4) is 0 Å². The zero-order valence-electron chi connectivity index (χ0n) is 12.2. The molecule has 4 nitrogen and oxygen atoms in total. The molecule has 0 aromatic carbocycles. The highest BCUT2D eigenvalue weighted by Crippen LogP contribution is 2.02. The van der Waals surface area contributed by atoms with E-state index in [9.17, 15) is 4.79 Å². The Morgan fingerprint density at radius 1 is 0.947 bits per heavy atom. The van der Waals surface area contributed by atoms with Gasteiger partial charge in [0.05, 0.1) is 6.61 Å². The molecule has 0 aromatic heterocycles. The molecule has 0 unspecified atom stereocenters. The Kier molecular flexibility index (Phi) is 12.9. The van der Waals surface area contributed by atoms with E-state index in [0.29, 0.717) is 12.2 Å². The van der Waals surface area contributed by atoms with Crippen molar-refractivity contribution in [1.82, 2.24) is 0 Å². The second-order valence-electron chi connectivity index (χ2n) is 4.73. The molecule has 0 aliphatic carbocycles. The van der Waals surface area contributed by atoms with E-state index in [0.717, 1.165) is 58.2 Å². The van der Waals surface area contributed by atoms with Gasteiger partial charge in [0.1, 0.15) is 0 Å². The fourth-order valence-corrected chi connectivity index (χ4v) is 1.54. The van der Waals surface area contributed by atoms with Crippen LogP contribution in [-0.4, -0.2) is 37.5 Å². The fraction of sp³-hybridized carbons (Fsp3) is 0.800. The first kappa shape index (κ1) is 18.1. The molecule has 0 amide bonds. The van der Waals surface area contributed by atoms with Crippen molar-refractivity contribution < 1.29 is 19.4 Å². The van der Waals surface area contributed by atoms with Gasteiger partial charge in [-0.3, -0.25) is 0 Å². The van der Waals surface area contributed by atoms with Crippen molar-refractivity contribution in [2.75, 3.05) is 26.4 Å². The molecule has 0 bridgehead atoms. The number of esters is 1. The first-order valence-corrected chi connectivity index (χ1v) is 7.19. The molecule has 112 valence electrons. The third kappa shape index (κ3) is 13.4. The van der Waals surface area contributed by atoms with Crippen LogP contribution < -0.4 is 0 Å². The molecular formula is C15H28O4. The number of aliphatic hydroxyl groups is 1. The van der Waals surface area contributed by atoms with Crippen LogP contribution in [0.25, 0.3) is 0 Å². The molecule has 0 saturated heterocycles. The Balaban J connectivity index is 3.07. The second kappa shape index (κ2) is 13.6. The number of unbranched alkanes of at least 4 members (excludes halogenated alkanes) is 5. The molecule has 0 rings (SSSR count). The third-order valence-corrected chi connectivity index (χ3v) is 2.71. The minimum absolute atomic E-state index is 0.289. The van der Waals surface area contributed by atoms with Gasteiger partial charge in [0.25, 0.3) is 0 Å². The summed E-state index contributed by atoms with van der Waals surface area (Å²) in [5.74, 6) is -0.306. The van der Waals surface area contributed by atoms with Crippen LogP contribution in [-0.2, 0) is 14.3 Å². The van der Waals surface area contributed by atoms with E-state index in [-0.39, 0.29) is 12.6 Å². The van der Waals surface area contributed by atoms with Gasteiger partial charge in [-0.2, -0.15) is 0 Å². The molecule has 0 aliphatic rings. The van der Waals surface area contributed by atoms with Crippen LogP contribution in [0.1, 0.15) is 51.9 Å². The average molecular weight is 272 g/mol. The van der Waals surface area contributed by atoms with E-state index in [4.69, 9.17) is 14.6 Å². The Labute approximate surface area is 116 Å². The minimum atomic E-state index is -0.306. The van der Waals surface area contributed by atoms with Crippen LogP contribution in [0.5, 0.6) is 0 Å². The number of hydrogen-bond donors (Lipinski definition) is 1. The third-order valence-electron chi connectivity index (χ3n) is 2.71. The Bertz CT molecular complexity index is 238. The van der Waals surface area contributed by atoms with Crippen molar-refractivity contribution in [3.05, 3.63) is 12.2 Å². The first-order chi connectivity index (χ1) is 9.18. The summed E-state index contributed by atoms with van der Waals surface area (Å²) in [5.41, 5.74) is 0.449. The maximum Gasteiger partial charge on any atom is 0.333 e. The predicted octanol–water partition coefficient (Wildman–Crippen LogP) is 2.85. The molecule has 0 fully saturated rings. The summed E-state index contributed by atoms with van der Waals surface area (Å²) < 4.78 is 10.5. The highest BCUT2D eigenvalue weighted by atomic mass is 16.5. The predicted molar refractivity (Wildman–Crippen MR) is 76.0 cm³/mol. The van der Waals surface area contributed by atoms with Crippen molar-refractivity contribution in [3.63, 3.8) is 0 Å². The van der Waals surface area contributed by atoms with Gasteiger partial charge in [0.2, 0.25) is 0 Å². The Morgan fingerprint density at radius 3 is 2.05 bits per heavy atom. The van der Waals surface area contributed by atoms with E-state index < -0.39 is 0 Å². The number of carbonyl (C=O) groups is 1. The summed E-state index contributed by atoms with van der Waals surface area (Å²) in [6, 6.07) is 0. The Morgan fingerprint density at radius 2 is 1.47 bits per heavy atom. The summed E-state index contributed by atoms with van der Waals surface area (Å²) in [6.45, 7) is 7.50. The largest absolute Gasteiger partial charge is 0.462 e. The monoisotopic (exact) mass is 272 g/mol. The lowest BCUT2D eigenvalue weighted by atomic mass is 10.2. The quantitative estimate of drug-likeness (QED) is 0.318. The van der Waals surface area contributed by atoms with Gasteiger partial charge in [0, 0.05) is 25.4 Å². The molecule has 4 heteroatoms. The van der Waals surface area contributed by atoms with E-state index in [2.05, 4.69) is 6.58 Å². The molecule has 1 N–H and O–H groups in total. The molecule has 0 atom stereocenters. The molecule has 19 heavy (non-hydrogen) atoms. The molecular weight excluding hydrogens is 244 g/mol. The van der Waals surface area contributed by atoms with Crippen molar-refractivity contribution >= 4 is 5.97 Å². The Hall–Kier alpha value is -0.870. The summed E-state index contributed by atoms with van der Waals surface area (Å²) in [4.78, 5) is 11.1. The lowest BCUT2D eigenvalue weighted by Crippen LogP contribution is -2.06. The number of hydrogen-bond acceptors (Lipinski definition) is 4. The topological polar surface area (TPSA) is 55.8 Å². The van der Waals surface area contributed by atoms with Crippen LogP contribution in [0, 0.1) is 0 Å². The van der Waals surface area contributed by atoms with E-state index in [1.165, 1.54) is 0 Å². The SMILES string of the molecule is C=C(C)C(=O)OCCCCCOCCCCCCO. The van der Waals surface area contributed by atoms with Crippen LogP contribution in [0.4, 0.5) is 0 Å². The molecule has 0 aromatic rings. The van der Waals surface area contributed by atoms with Gasteiger partial charge >= 0.3 is 5.97 Å². The summed E-state index contributed by atoms with van der Waals surface area (Å²) in [6.07, 6.45) is 7.04. The smallest absolute Gasteiger partial charge is 0.333 e. The number of ether oxygens (including phenoxy) is 2. The van der Waals surface area contributed by atoms with Gasteiger partial charge in [-0.15, -0.1) is 0 Å². The first-order valence-electron chi connectivity index (χ1n) is 7.19. The van der Waals surface area contributed by atoms with Gasteiger partial charge in [0.15, 0.2) is 0 Å². The zero-order chi connectivity index (χ0) is 14.3. The maximum absolute atomic E-state index is 11.1. The highest BCUT2D eigenvalue weighted by Gasteiger charge is 2.01. The van der Waals surface area contributed by atoms with E-state index in [1.54, 1.807) is 6.92 Å². The standard InChI is InChI=1S/C15H28O4/c1-14(2)15(17)19-13-9-5-8-12-18-11-7-4-3-6-10-16/h16H,1,3-13H2,2H3. The molecule has 0 heterocycles. The lowest BCUT2D eigenvalue weighted by molar-refractivity contribution is -0.139. The molecule has 0 spiro atoms. The molecule has 0 saturated carbocycles. The number of carbonyl (C=O) groups excluding carboxylic acids is 1. The van der Waals surface area contributed by atoms with Crippen molar-refractivity contribution in [3.8, 4) is 0 Å². The van der Waals surface area contributed by atoms with Crippen molar-refractivity contribution in [2.24, 2.45) is 0 Å². The van der Waals surface area contributed by atoms with E-state index >= 15 is 0 Å². The average Bonchev–Trinajstić information content (AvgIpc) is 2.39. The fourth-order valence-electron chi connectivity index (χ4n) is 1.54. The van der Waals surface area contributed by atoms with Crippen LogP contribution in [0.15, 0.2) is 12.2 Å². The number of rotatable bonds is 13. The van der Waals surface area contributed by atoms with Crippen LogP contribution in [0.2, 0.25) is 0 Å². The van der Waals surface area contributed by atoms with Crippen LogP contribution >= 0.6 is 0 Å². The molecule has 0 radical (unpaired) electrons. The van der Waals surface area contributed by atoms with Crippen molar-refractivity contribution in [1.29, 1.82) is 0 Å². The number of aliphatic hydroxyl groups excluding tert-OH is 1. The zero-order valence-corrected chi connectivity index (χ0v) is 12.2. The summed E-state index contributed by atoms with van der Waals surface area (Å²) >= 11 is 0. The molecule has 0 aliphatic heterocycles. The summed E-state index contributed by atoms with van der Waals surface area (Å²) in [5, 5.41) is 8.61. The minimum Gasteiger partial charge on any atom is -0.462 e. The van der Waals surface area contributed by atoms with Crippen molar-refractivity contribution in [2.45, 2.75) is 51.9 Å². The second-order valence-corrected chi connectivity index (χ2v) is 4.73. The summed E-state index contributed by atoms with van der Waals surface area (Å²) in [7, 11) is 0. The lowest BCUT2D eigenvalue weighted by Gasteiger charge is -2.05. The van der Waals surface area contributed by atoms with Gasteiger partial charge in [-0.05, 0) is 39.0 Å². The van der Waals surface area contributed by atoms with Gasteiger partial charge in [-0.25, -0.2) is 4.79 Å². The highest BCUT2D eigenvalue weighted by molar-refractivity contribution is 5.86. The van der Waals surface area contributed by atoms with E-state index in [1.807, 2.05) is 0 Å². The van der Waals surface area contributed by atoms with Gasteiger partial charge < -0.3 is 14.6 Å². The van der Waals surface area contributed by atoms with Gasteiger partial charge in [-0.1, -0.05) is 19.4 Å².